The molecule has 146 valence electrons. The number of thiophene rings is 1. The van der Waals surface area contributed by atoms with Crippen molar-refractivity contribution < 1.29 is 9.18 Å². The molecule has 1 amide bonds. The van der Waals surface area contributed by atoms with Crippen LogP contribution < -0.4 is 10.6 Å². The summed E-state index contributed by atoms with van der Waals surface area (Å²) in [5.74, 6) is 0.773. The van der Waals surface area contributed by atoms with E-state index < -0.39 is 0 Å². The van der Waals surface area contributed by atoms with Crippen LogP contribution in [0.1, 0.15) is 12.0 Å². The third-order valence-electron chi connectivity index (χ3n) is 4.35. The lowest BCUT2D eigenvalue weighted by Crippen LogP contribution is -2.17. The van der Waals surface area contributed by atoms with Gasteiger partial charge in [0.2, 0.25) is 5.91 Å². The van der Waals surface area contributed by atoms with E-state index >= 15 is 0 Å². The van der Waals surface area contributed by atoms with E-state index in [9.17, 15) is 9.18 Å². The number of aryl methyl sites for hydroxylation is 1. The minimum atomic E-state index is -0.281. The Hall–Kier alpha value is -3.39. The van der Waals surface area contributed by atoms with Crippen molar-refractivity contribution in [1.82, 2.24) is 15.0 Å². The van der Waals surface area contributed by atoms with Crippen molar-refractivity contribution >= 4 is 39.1 Å². The van der Waals surface area contributed by atoms with E-state index in [4.69, 9.17) is 0 Å². The lowest BCUT2D eigenvalue weighted by Gasteiger charge is -2.09. The molecule has 0 radical (unpaired) electrons. The second-order valence-electron chi connectivity index (χ2n) is 6.50. The van der Waals surface area contributed by atoms with E-state index in [0.717, 1.165) is 26.9 Å². The predicted molar refractivity (Wildman–Crippen MR) is 114 cm³/mol. The van der Waals surface area contributed by atoms with Gasteiger partial charge in [-0.25, -0.2) is 19.3 Å². The summed E-state index contributed by atoms with van der Waals surface area (Å²) in [6, 6.07) is 10.0. The zero-order chi connectivity index (χ0) is 20.2. The molecule has 3 heterocycles. The second-order valence-corrected chi connectivity index (χ2v) is 7.36. The molecule has 29 heavy (non-hydrogen) atoms. The number of carbonyl (C=O) groups is 1. The molecule has 8 heteroatoms. The first-order chi connectivity index (χ1) is 14.1. The highest BCUT2D eigenvalue weighted by Gasteiger charge is 2.13. The maximum atomic E-state index is 13.3. The topological polar surface area (TPSA) is 79.8 Å². The van der Waals surface area contributed by atoms with Gasteiger partial charge in [0.1, 0.15) is 28.6 Å². The number of rotatable bonds is 6. The third kappa shape index (κ3) is 4.38. The summed E-state index contributed by atoms with van der Waals surface area (Å²) in [7, 11) is 0. The molecule has 0 aliphatic rings. The van der Waals surface area contributed by atoms with Crippen molar-refractivity contribution in [1.29, 1.82) is 0 Å². The van der Waals surface area contributed by atoms with Crippen molar-refractivity contribution in [3.8, 4) is 11.1 Å². The number of nitrogens with zero attached hydrogens (tertiary/aromatic N) is 3. The molecule has 0 saturated heterocycles. The van der Waals surface area contributed by atoms with Crippen molar-refractivity contribution in [3.05, 3.63) is 65.7 Å². The van der Waals surface area contributed by atoms with Gasteiger partial charge < -0.3 is 10.6 Å². The van der Waals surface area contributed by atoms with Gasteiger partial charge in [-0.15, -0.1) is 11.3 Å². The average Bonchev–Trinajstić information content (AvgIpc) is 3.14. The highest BCUT2D eigenvalue weighted by molar-refractivity contribution is 7.17. The first kappa shape index (κ1) is 18.9. The van der Waals surface area contributed by atoms with Crippen molar-refractivity contribution in [2.75, 3.05) is 17.2 Å². The van der Waals surface area contributed by atoms with Crippen LogP contribution in [0.15, 0.2) is 54.3 Å². The van der Waals surface area contributed by atoms with Crippen LogP contribution in [-0.2, 0) is 4.79 Å². The molecular weight excluding hydrogens is 389 g/mol. The van der Waals surface area contributed by atoms with Crippen LogP contribution >= 0.6 is 11.3 Å². The van der Waals surface area contributed by atoms with Gasteiger partial charge in [0.05, 0.1) is 5.39 Å². The maximum absolute atomic E-state index is 13.3. The number of amides is 1. The third-order valence-corrected chi connectivity index (χ3v) is 5.24. The summed E-state index contributed by atoms with van der Waals surface area (Å²) in [6.07, 6.45) is 3.41. The van der Waals surface area contributed by atoms with E-state index in [1.807, 2.05) is 24.4 Å². The number of anilines is 2. The van der Waals surface area contributed by atoms with Gasteiger partial charge >= 0.3 is 0 Å². The van der Waals surface area contributed by atoms with Gasteiger partial charge in [-0.05, 0) is 42.3 Å². The van der Waals surface area contributed by atoms with Crippen LogP contribution in [0.5, 0.6) is 0 Å². The molecule has 0 aliphatic carbocycles. The Bertz CT molecular complexity index is 1160. The van der Waals surface area contributed by atoms with E-state index in [0.29, 0.717) is 18.2 Å². The Morgan fingerprint density at radius 2 is 1.97 bits per heavy atom. The van der Waals surface area contributed by atoms with Crippen molar-refractivity contribution in [3.63, 3.8) is 0 Å². The molecule has 6 nitrogen and oxygen atoms in total. The Morgan fingerprint density at radius 1 is 1.14 bits per heavy atom. The number of hydrogen-bond donors (Lipinski definition) is 2. The van der Waals surface area contributed by atoms with Crippen LogP contribution in [-0.4, -0.2) is 27.4 Å². The minimum absolute atomic E-state index is 0.134. The first-order valence-corrected chi connectivity index (χ1v) is 9.92. The maximum Gasteiger partial charge on any atom is 0.227 e. The molecule has 4 rings (SSSR count). The largest absolute Gasteiger partial charge is 0.369 e. The zero-order valence-corrected chi connectivity index (χ0v) is 16.5. The summed E-state index contributed by atoms with van der Waals surface area (Å²) < 4.78 is 13.3. The lowest BCUT2D eigenvalue weighted by atomic mass is 10.1. The highest BCUT2D eigenvalue weighted by Crippen LogP contribution is 2.36. The molecule has 0 unspecified atom stereocenters. The number of carbonyl (C=O) groups excluding carboxylic acids is 1. The average molecular weight is 407 g/mol. The van der Waals surface area contributed by atoms with Gasteiger partial charge in [-0.3, -0.25) is 4.79 Å². The van der Waals surface area contributed by atoms with Crippen LogP contribution in [0.4, 0.5) is 16.0 Å². The molecule has 0 aliphatic heterocycles. The number of fused-ring (bicyclic) bond motifs is 1. The van der Waals surface area contributed by atoms with Crippen LogP contribution in [0, 0.1) is 12.7 Å². The smallest absolute Gasteiger partial charge is 0.227 e. The SMILES string of the molecule is Cc1ccnc(NC(=O)CCNc2ncnc3scc(-c4ccc(F)cc4)c23)c1. The highest BCUT2D eigenvalue weighted by atomic mass is 32.1. The van der Waals surface area contributed by atoms with Gasteiger partial charge in [0.15, 0.2) is 0 Å². The Balaban J connectivity index is 1.47. The van der Waals surface area contributed by atoms with Crippen LogP contribution in [0.25, 0.3) is 21.3 Å². The summed E-state index contributed by atoms with van der Waals surface area (Å²) >= 11 is 1.50. The van der Waals surface area contributed by atoms with Crippen LogP contribution in [0.3, 0.4) is 0 Å². The molecule has 0 bridgehead atoms. The fourth-order valence-corrected chi connectivity index (χ4v) is 3.87. The zero-order valence-electron chi connectivity index (χ0n) is 15.6. The van der Waals surface area contributed by atoms with E-state index in [1.54, 1.807) is 18.3 Å². The van der Waals surface area contributed by atoms with Crippen molar-refractivity contribution in [2.24, 2.45) is 0 Å². The fourth-order valence-electron chi connectivity index (χ4n) is 2.96. The van der Waals surface area contributed by atoms with E-state index in [-0.39, 0.29) is 18.1 Å². The molecule has 4 aromatic rings. The minimum Gasteiger partial charge on any atom is -0.369 e. The first-order valence-electron chi connectivity index (χ1n) is 9.04. The van der Waals surface area contributed by atoms with Crippen molar-refractivity contribution in [2.45, 2.75) is 13.3 Å². The lowest BCUT2D eigenvalue weighted by molar-refractivity contribution is -0.116. The Labute approximate surface area is 170 Å². The monoisotopic (exact) mass is 407 g/mol. The standard InChI is InChI=1S/C21H18FN5OS/c1-13-6-8-23-17(10-13)27-18(28)7-9-24-20-19-16(11-29-21(19)26-12-25-20)14-2-4-15(22)5-3-14/h2-6,8,10-12H,7,9H2,1H3,(H,23,27,28)(H,24,25,26). The van der Waals surface area contributed by atoms with Gasteiger partial charge in [-0.1, -0.05) is 12.1 Å². The molecule has 0 fully saturated rings. The normalized spacial score (nSPS) is 10.8. The molecule has 0 spiro atoms. The second kappa shape index (κ2) is 8.32. The van der Waals surface area contributed by atoms with Crippen LogP contribution in [0.2, 0.25) is 0 Å². The Kier molecular flexibility index (Phi) is 5.44. The molecule has 1 aromatic carbocycles. The summed E-state index contributed by atoms with van der Waals surface area (Å²) in [5, 5.41) is 8.86. The van der Waals surface area contributed by atoms with E-state index in [2.05, 4.69) is 25.6 Å². The number of aromatic nitrogens is 3. The Morgan fingerprint density at radius 3 is 2.76 bits per heavy atom. The predicted octanol–water partition coefficient (Wildman–Crippen LogP) is 4.64. The molecule has 0 saturated carbocycles. The molecule has 3 aromatic heterocycles. The number of halogens is 1. The quantitative estimate of drug-likeness (QED) is 0.487. The number of pyridine rings is 1. The van der Waals surface area contributed by atoms with Gasteiger partial charge in [-0.2, -0.15) is 0 Å². The summed E-state index contributed by atoms with van der Waals surface area (Å²) in [6.45, 7) is 2.35. The van der Waals surface area contributed by atoms with Gasteiger partial charge in [0.25, 0.3) is 0 Å². The van der Waals surface area contributed by atoms with E-state index in [1.165, 1.54) is 29.8 Å². The fraction of sp³-hybridized carbons (Fsp3) is 0.143. The van der Waals surface area contributed by atoms with Gasteiger partial charge in [0, 0.05) is 30.1 Å². The number of nitrogens with one attached hydrogen (secondary N) is 2. The molecule has 0 atom stereocenters. The summed E-state index contributed by atoms with van der Waals surface area (Å²) in [4.78, 5) is 25.8. The number of hydrogen-bond acceptors (Lipinski definition) is 6. The molecular formula is C21H18FN5OS. The number of benzene rings is 1. The molecule has 2 N–H and O–H groups in total. The summed E-state index contributed by atoms with van der Waals surface area (Å²) in [5.41, 5.74) is 2.85.